The summed E-state index contributed by atoms with van der Waals surface area (Å²) in [6.45, 7) is 0. The number of carbonyl (C=O) groups is 5. The summed E-state index contributed by atoms with van der Waals surface area (Å²) in [6, 6.07) is 0. The molecule has 2 saturated carbocycles. The Kier molecular flexibility index (Phi) is 6.93. The zero-order valence-electron chi connectivity index (χ0n) is 17.7. The highest BCUT2D eigenvalue weighted by Gasteiger charge is 2.55. The zero-order valence-corrected chi connectivity index (χ0v) is 17.7. The smallest absolute Gasteiger partial charge is 0.326 e. The molecule has 0 bridgehead atoms. The number of ketones is 2. The van der Waals surface area contributed by atoms with E-state index < -0.39 is 28.9 Å². The molecule has 8 nitrogen and oxygen atoms in total. The van der Waals surface area contributed by atoms with Crippen molar-refractivity contribution < 1.29 is 28.7 Å². The Bertz CT molecular complexity index is 715. The molecule has 1 atom stereocenters. The molecule has 2 spiro atoms. The van der Waals surface area contributed by atoms with Gasteiger partial charge in [-0.25, -0.2) is 0 Å². The minimum atomic E-state index is -1.25. The number of hydrogen-bond acceptors (Lipinski definition) is 6. The van der Waals surface area contributed by atoms with Crippen LogP contribution in [0.4, 0.5) is 0 Å². The van der Waals surface area contributed by atoms with Crippen LogP contribution in [0.15, 0.2) is 0 Å². The summed E-state index contributed by atoms with van der Waals surface area (Å²) in [4.78, 5) is 58.2. The van der Waals surface area contributed by atoms with Crippen LogP contribution >= 0.6 is 0 Å². The van der Waals surface area contributed by atoms with Crippen LogP contribution in [0.1, 0.15) is 83.5 Å². The highest BCUT2D eigenvalue weighted by atomic mass is 16.5. The van der Waals surface area contributed by atoms with Crippen LogP contribution in [0.5, 0.6) is 0 Å². The highest BCUT2D eigenvalue weighted by molar-refractivity contribution is 6.24. The van der Waals surface area contributed by atoms with Gasteiger partial charge in [-0.3, -0.25) is 24.0 Å². The van der Waals surface area contributed by atoms with Crippen molar-refractivity contribution in [3.63, 3.8) is 0 Å². The number of carbonyl (C=O) groups excluding carboxylic acids is 5. The Balaban J connectivity index is 0.000000177. The van der Waals surface area contributed by atoms with Crippen LogP contribution in [-0.4, -0.2) is 47.5 Å². The number of Topliss-reactive ketones (excluding diaryl/α,β-unsaturated/α-hetero) is 2. The molecule has 4 fully saturated rings. The average Bonchev–Trinajstić information content (AvgIpc) is 2.97. The lowest BCUT2D eigenvalue weighted by atomic mass is 9.84. The normalized spacial score (nSPS) is 27.6. The molecule has 166 valence electrons. The van der Waals surface area contributed by atoms with Gasteiger partial charge in [0.15, 0.2) is 17.5 Å². The van der Waals surface area contributed by atoms with Gasteiger partial charge in [0.05, 0.1) is 24.6 Å². The lowest BCUT2D eigenvalue weighted by molar-refractivity contribution is -0.151. The van der Waals surface area contributed by atoms with Crippen molar-refractivity contribution in [3.8, 4) is 0 Å². The van der Waals surface area contributed by atoms with Gasteiger partial charge in [0.2, 0.25) is 11.8 Å². The number of nitrogens with one attached hydrogen (secondary N) is 2. The minimum absolute atomic E-state index is 0.0769. The van der Waals surface area contributed by atoms with E-state index in [1.54, 1.807) is 0 Å². The van der Waals surface area contributed by atoms with Crippen LogP contribution in [-0.2, 0) is 28.7 Å². The van der Waals surface area contributed by atoms with Gasteiger partial charge in [-0.2, -0.15) is 0 Å². The predicted molar refractivity (Wildman–Crippen MR) is 107 cm³/mol. The highest BCUT2D eigenvalue weighted by Crippen LogP contribution is 2.35. The second-order valence-corrected chi connectivity index (χ2v) is 8.95. The van der Waals surface area contributed by atoms with E-state index in [9.17, 15) is 24.0 Å². The van der Waals surface area contributed by atoms with Crippen molar-refractivity contribution in [1.82, 2.24) is 10.6 Å². The Morgan fingerprint density at radius 1 is 0.800 bits per heavy atom. The number of hydrogen-bond donors (Lipinski definition) is 2. The summed E-state index contributed by atoms with van der Waals surface area (Å²) < 4.78 is 4.52. The number of esters is 1. The van der Waals surface area contributed by atoms with Gasteiger partial charge < -0.3 is 15.4 Å². The first-order valence-electron chi connectivity index (χ1n) is 11.1. The van der Waals surface area contributed by atoms with Crippen molar-refractivity contribution in [1.29, 1.82) is 0 Å². The van der Waals surface area contributed by atoms with Crippen LogP contribution < -0.4 is 10.6 Å². The van der Waals surface area contributed by atoms with Gasteiger partial charge in [0.1, 0.15) is 0 Å². The van der Waals surface area contributed by atoms with Gasteiger partial charge in [-0.05, 0) is 25.7 Å². The molecule has 30 heavy (non-hydrogen) atoms. The first kappa shape index (κ1) is 22.4. The quantitative estimate of drug-likeness (QED) is 0.493. The Morgan fingerprint density at radius 3 is 1.73 bits per heavy atom. The minimum Gasteiger partial charge on any atom is -0.468 e. The second kappa shape index (κ2) is 9.27. The first-order chi connectivity index (χ1) is 14.3. The Morgan fingerprint density at radius 2 is 1.30 bits per heavy atom. The van der Waals surface area contributed by atoms with E-state index in [4.69, 9.17) is 0 Å². The van der Waals surface area contributed by atoms with E-state index in [-0.39, 0.29) is 23.9 Å². The third-order valence-electron chi connectivity index (χ3n) is 6.94. The van der Waals surface area contributed by atoms with Crippen LogP contribution in [0, 0.1) is 5.92 Å². The van der Waals surface area contributed by atoms with Crippen molar-refractivity contribution in [2.45, 2.75) is 94.5 Å². The van der Waals surface area contributed by atoms with Crippen molar-refractivity contribution in [3.05, 3.63) is 0 Å². The molecule has 2 heterocycles. The lowest BCUT2D eigenvalue weighted by Gasteiger charge is -2.25. The van der Waals surface area contributed by atoms with Crippen molar-refractivity contribution in [2.75, 3.05) is 7.11 Å². The van der Waals surface area contributed by atoms with E-state index in [1.807, 2.05) is 0 Å². The summed E-state index contributed by atoms with van der Waals surface area (Å²) >= 11 is 0. The molecule has 2 saturated heterocycles. The summed E-state index contributed by atoms with van der Waals surface area (Å²) in [5.41, 5.74) is -1.25. The van der Waals surface area contributed by atoms with Crippen molar-refractivity contribution >= 4 is 29.4 Å². The molecule has 0 radical (unpaired) electrons. The standard InChI is InChI=1S/C12H17NO4.C10H15NO2/c1-17-11(16)8-9(14)12(13-10(8)15)6-4-2-3-5-7-12;12-8-7-9(13)11-10(8)5-3-1-2-4-6-10/h8H,2-7H2,1H3,(H,13,15);1-7H2,(H,11,13). The van der Waals surface area contributed by atoms with Crippen LogP contribution in [0.25, 0.3) is 0 Å². The van der Waals surface area contributed by atoms with Gasteiger partial charge in [-0.15, -0.1) is 0 Å². The molecule has 1 unspecified atom stereocenters. The molecule has 0 aromatic rings. The molecule has 4 rings (SSSR count). The maximum Gasteiger partial charge on any atom is 0.326 e. The molecule has 4 aliphatic rings. The molecule has 2 aliphatic carbocycles. The van der Waals surface area contributed by atoms with E-state index in [1.165, 1.54) is 20.0 Å². The predicted octanol–water partition coefficient (Wildman–Crippen LogP) is 1.74. The molecule has 2 amide bonds. The van der Waals surface area contributed by atoms with Crippen molar-refractivity contribution in [2.24, 2.45) is 5.92 Å². The molecule has 8 heteroatoms. The molecular formula is C22H32N2O6. The van der Waals surface area contributed by atoms with Crippen LogP contribution in [0.3, 0.4) is 0 Å². The molecule has 0 aromatic carbocycles. The van der Waals surface area contributed by atoms with E-state index >= 15 is 0 Å². The summed E-state index contributed by atoms with van der Waals surface area (Å²) in [7, 11) is 1.20. The van der Waals surface area contributed by atoms with E-state index in [2.05, 4.69) is 15.4 Å². The fourth-order valence-electron chi connectivity index (χ4n) is 5.23. The molecule has 2 N–H and O–H groups in total. The SMILES string of the molecule is COC(=O)C1C(=O)NC2(CCCCCC2)C1=O.O=C1CC(=O)C2(CCCCCC2)N1. The third kappa shape index (κ3) is 4.42. The van der Waals surface area contributed by atoms with Crippen LogP contribution in [0.2, 0.25) is 0 Å². The van der Waals surface area contributed by atoms with E-state index in [0.29, 0.717) is 12.8 Å². The van der Waals surface area contributed by atoms with E-state index in [0.717, 1.165) is 51.4 Å². The Labute approximate surface area is 176 Å². The largest absolute Gasteiger partial charge is 0.468 e. The summed E-state index contributed by atoms with van der Waals surface area (Å²) in [5.74, 6) is -2.74. The Hall–Kier alpha value is -2.25. The molecular weight excluding hydrogens is 388 g/mol. The number of ether oxygens (including phenoxy) is 1. The molecule has 2 aliphatic heterocycles. The first-order valence-corrected chi connectivity index (χ1v) is 11.1. The third-order valence-corrected chi connectivity index (χ3v) is 6.94. The monoisotopic (exact) mass is 420 g/mol. The zero-order chi connectivity index (χ0) is 21.8. The second-order valence-electron chi connectivity index (χ2n) is 8.95. The lowest BCUT2D eigenvalue weighted by Crippen LogP contribution is -2.46. The van der Waals surface area contributed by atoms with Gasteiger partial charge in [-0.1, -0.05) is 51.4 Å². The summed E-state index contributed by atoms with van der Waals surface area (Å²) in [6.07, 6.45) is 11.7. The molecule has 0 aromatic heterocycles. The average molecular weight is 421 g/mol. The van der Waals surface area contributed by atoms with Gasteiger partial charge in [0, 0.05) is 0 Å². The summed E-state index contributed by atoms with van der Waals surface area (Å²) in [5, 5.41) is 5.61. The number of amides is 2. The topological polar surface area (TPSA) is 119 Å². The number of rotatable bonds is 1. The number of methoxy groups -OCH3 is 1. The maximum absolute atomic E-state index is 12.3. The van der Waals surface area contributed by atoms with Gasteiger partial charge >= 0.3 is 5.97 Å². The fourth-order valence-corrected chi connectivity index (χ4v) is 5.23. The maximum atomic E-state index is 12.3. The fraction of sp³-hybridized carbons (Fsp3) is 0.773. The van der Waals surface area contributed by atoms with Gasteiger partial charge in [0.25, 0.3) is 0 Å².